The molecule has 0 amide bonds. The molecule has 5 nitrogen and oxygen atoms in total. The number of hydrogen-bond donors (Lipinski definition) is 1. The SMILES string of the molecule is CCC1(C)CCN(c2cnc3c(-c4cccc(F)c4Cl)[nH]nc3n2)CC1. The number of rotatable bonds is 3. The van der Waals surface area contributed by atoms with Crippen molar-refractivity contribution in [3.8, 4) is 11.3 Å². The van der Waals surface area contributed by atoms with Crippen LogP contribution in [-0.2, 0) is 0 Å². The Morgan fingerprint density at radius 1 is 1.31 bits per heavy atom. The summed E-state index contributed by atoms with van der Waals surface area (Å²) >= 11 is 6.10. The third-order valence-electron chi connectivity index (χ3n) is 5.62. The summed E-state index contributed by atoms with van der Waals surface area (Å²) in [6, 6.07) is 4.68. The fourth-order valence-electron chi connectivity index (χ4n) is 3.45. The smallest absolute Gasteiger partial charge is 0.202 e. The van der Waals surface area contributed by atoms with Crippen LogP contribution in [0.5, 0.6) is 0 Å². The quantitative estimate of drug-likeness (QED) is 0.714. The van der Waals surface area contributed by atoms with Crippen LogP contribution in [0.15, 0.2) is 24.4 Å². The van der Waals surface area contributed by atoms with Gasteiger partial charge in [-0.2, -0.15) is 5.10 Å². The summed E-state index contributed by atoms with van der Waals surface area (Å²) < 4.78 is 13.8. The van der Waals surface area contributed by atoms with Gasteiger partial charge in [0.05, 0.1) is 16.9 Å². The van der Waals surface area contributed by atoms with Crippen LogP contribution >= 0.6 is 11.6 Å². The number of anilines is 1. The number of hydrogen-bond acceptors (Lipinski definition) is 4. The van der Waals surface area contributed by atoms with Crippen molar-refractivity contribution in [3.63, 3.8) is 0 Å². The maximum Gasteiger partial charge on any atom is 0.202 e. The lowest BCUT2D eigenvalue weighted by Crippen LogP contribution is -2.38. The Morgan fingerprint density at radius 2 is 2.08 bits per heavy atom. The van der Waals surface area contributed by atoms with E-state index in [0.29, 0.717) is 27.8 Å². The molecule has 4 rings (SSSR count). The average molecular weight is 374 g/mol. The molecule has 1 fully saturated rings. The van der Waals surface area contributed by atoms with Gasteiger partial charge in [-0.15, -0.1) is 0 Å². The van der Waals surface area contributed by atoms with E-state index in [0.717, 1.165) is 31.7 Å². The molecular formula is C19H21ClFN5. The molecule has 2 aromatic heterocycles. The average Bonchev–Trinajstić information content (AvgIpc) is 3.07. The van der Waals surface area contributed by atoms with Crippen molar-refractivity contribution >= 4 is 28.6 Å². The standard InChI is InChI=1S/C19H21ClFN5/c1-3-19(2)7-9-26(10-8-19)14-11-22-17-16(24-25-18(17)23-14)12-5-4-6-13(21)15(12)20/h4-6,11H,3,7-10H2,1-2H3,(H,23,24,25). The molecule has 3 aromatic rings. The number of aromatic amines is 1. The van der Waals surface area contributed by atoms with E-state index >= 15 is 0 Å². The van der Waals surface area contributed by atoms with Crippen molar-refractivity contribution in [2.45, 2.75) is 33.1 Å². The number of benzene rings is 1. The molecular weight excluding hydrogens is 353 g/mol. The van der Waals surface area contributed by atoms with Gasteiger partial charge in [0, 0.05) is 18.7 Å². The molecule has 0 aliphatic carbocycles. The minimum absolute atomic E-state index is 0.0545. The van der Waals surface area contributed by atoms with Crippen molar-refractivity contribution in [3.05, 3.63) is 35.2 Å². The molecule has 0 radical (unpaired) electrons. The highest BCUT2D eigenvalue weighted by Gasteiger charge is 2.29. The van der Waals surface area contributed by atoms with Gasteiger partial charge in [-0.3, -0.25) is 5.10 Å². The van der Waals surface area contributed by atoms with E-state index in [1.165, 1.54) is 12.5 Å². The molecule has 1 aromatic carbocycles. The van der Waals surface area contributed by atoms with E-state index < -0.39 is 5.82 Å². The van der Waals surface area contributed by atoms with Gasteiger partial charge in [-0.1, -0.05) is 44.0 Å². The van der Waals surface area contributed by atoms with Gasteiger partial charge < -0.3 is 4.90 Å². The predicted molar refractivity (Wildman–Crippen MR) is 102 cm³/mol. The Balaban J connectivity index is 1.65. The molecule has 1 N–H and O–H groups in total. The van der Waals surface area contributed by atoms with Crippen LogP contribution in [-0.4, -0.2) is 33.3 Å². The summed E-state index contributed by atoms with van der Waals surface area (Å²) in [7, 11) is 0. The maximum absolute atomic E-state index is 13.8. The van der Waals surface area contributed by atoms with Crippen LogP contribution in [0.1, 0.15) is 33.1 Å². The van der Waals surface area contributed by atoms with E-state index in [9.17, 15) is 4.39 Å². The topological polar surface area (TPSA) is 57.7 Å². The number of nitrogens with zero attached hydrogens (tertiary/aromatic N) is 4. The normalized spacial score (nSPS) is 17.0. The molecule has 26 heavy (non-hydrogen) atoms. The molecule has 0 bridgehead atoms. The number of piperidine rings is 1. The zero-order chi connectivity index (χ0) is 18.3. The molecule has 136 valence electrons. The van der Waals surface area contributed by atoms with Crippen molar-refractivity contribution in [2.24, 2.45) is 5.41 Å². The fourth-order valence-corrected chi connectivity index (χ4v) is 3.67. The lowest BCUT2D eigenvalue weighted by atomic mass is 9.78. The van der Waals surface area contributed by atoms with E-state index in [-0.39, 0.29) is 5.02 Å². The Kier molecular flexibility index (Phi) is 4.31. The van der Waals surface area contributed by atoms with Gasteiger partial charge in [0.2, 0.25) is 5.65 Å². The van der Waals surface area contributed by atoms with E-state index in [2.05, 4.69) is 38.9 Å². The van der Waals surface area contributed by atoms with Crippen LogP contribution in [0, 0.1) is 11.2 Å². The monoisotopic (exact) mass is 373 g/mol. The van der Waals surface area contributed by atoms with Gasteiger partial charge >= 0.3 is 0 Å². The number of halogens is 2. The largest absolute Gasteiger partial charge is 0.355 e. The fraction of sp³-hybridized carbons (Fsp3) is 0.421. The minimum Gasteiger partial charge on any atom is -0.355 e. The van der Waals surface area contributed by atoms with Gasteiger partial charge in [0.25, 0.3) is 0 Å². The summed E-state index contributed by atoms with van der Waals surface area (Å²) in [5, 5.41) is 7.22. The molecule has 0 spiro atoms. The van der Waals surface area contributed by atoms with E-state index in [4.69, 9.17) is 11.6 Å². The second-order valence-electron chi connectivity index (χ2n) is 7.25. The molecule has 0 saturated carbocycles. The summed E-state index contributed by atoms with van der Waals surface area (Å²) in [6.07, 6.45) is 5.26. The first-order chi connectivity index (χ1) is 12.5. The number of nitrogens with one attached hydrogen (secondary N) is 1. The van der Waals surface area contributed by atoms with Crippen molar-refractivity contribution in [1.82, 2.24) is 20.2 Å². The Hall–Kier alpha value is -2.21. The van der Waals surface area contributed by atoms with Gasteiger partial charge in [0.15, 0.2) is 0 Å². The molecule has 1 saturated heterocycles. The second kappa shape index (κ2) is 6.50. The highest BCUT2D eigenvalue weighted by Crippen LogP contribution is 2.36. The Morgan fingerprint density at radius 3 is 2.81 bits per heavy atom. The molecule has 3 heterocycles. The first-order valence-corrected chi connectivity index (χ1v) is 9.29. The summed E-state index contributed by atoms with van der Waals surface area (Å²) in [6.45, 7) is 6.54. The van der Waals surface area contributed by atoms with Crippen LogP contribution in [0.3, 0.4) is 0 Å². The summed E-state index contributed by atoms with van der Waals surface area (Å²) in [5.74, 6) is 0.364. The molecule has 7 heteroatoms. The van der Waals surface area contributed by atoms with E-state index in [1.807, 2.05) is 0 Å². The minimum atomic E-state index is -0.469. The highest BCUT2D eigenvalue weighted by molar-refractivity contribution is 6.33. The van der Waals surface area contributed by atoms with Crippen LogP contribution in [0.4, 0.5) is 10.2 Å². The number of fused-ring (bicyclic) bond motifs is 1. The number of H-pyrrole nitrogens is 1. The third-order valence-corrected chi connectivity index (χ3v) is 6.00. The zero-order valence-electron chi connectivity index (χ0n) is 14.9. The van der Waals surface area contributed by atoms with Crippen LogP contribution in [0.2, 0.25) is 5.02 Å². The Labute approximate surface area is 156 Å². The van der Waals surface area contributed by atoms with Crippen LogP contribution < -0.4 is 4.90 Å². The molecule has 1 aliphatic rings. The van der Waals surface area contributed by atoms with Gasteiger partial charge in [-0.05, 0) is 24.3 Å². The first-order valence-electron chi connectivity index (χ1n) is 8.91. The molecule has 0 unspecified atom stereocenters. The highest BCUT2D eigenvalue weighted by atomic mass is 35.5. The van der Waals surface area contributed by atoms with Crippen molar-refractivity contribution < 1.29 is 4.39 Å². The lowest BCUT2D eigenvalue weighted by molar-refractivity contribution is 0.238. The lowest BCUT2D eigenvalue weighted by Gasteiger charge is -2.39. The second-order valence-corrected chi connectivity index (χ2v) is 7.63. The van der Waals surface area contributed by atoms with Crippen molar-refractivity contribution in [2.75, 3.05) is 18.0 Å². The molecule has 1 aliphatic heterocycles. The van der Waals surface area contributed by atoms with Gasteiger partial charge in [-0.25, -0.2) is 14.4 Å². The predicted octanol–water partition coefficient (Wildman–Crippen LogP) is 4.83. The molecule has 0 atom stereocenters. The first kappa shape index (κ1) is 17.2. The summed E-state index contributed by atoms with van der Waals surface area (Å²) in [5.41, 5.74) is 2.65. The van der Waals surface area contributed by atoms with E-state index in [1.54, 1.807) is 18.3 Å². The third kappa shape index (κ3) is 2.92. The zero-order valence-corrected chi connectivity index (χ0v) is 15.6. The summed E-state index contributed by atoms with van der Waals surface area (Å²) in [4.78, 5) is 11.5. The van der Waals surface area contributed by atoms with Crippen LogP contribution in [0.25, 0.3) is 22.4 Å². The number of aromatic nitrogens is 4. The van der Waals surface area contributed by atoms with Crippen molar-refractivity contribution in [1.29, 1.82) is 0 Å². The Bertz CT molecular complexity index is 946. The maximum atomic E-state index is 13.8. The van der Waals surface area contributed by atoms with Gasteiger partial charge in [0.1, 0.15) is 17.2 Å².